The SMILES string of the molecule is CC1N=C2N(C)C(=O)N(C)C(=O)[C@]2(C2NC(N)=NC2=O)NC1=O. The van der Waals surface area contributed by atoms with Gasteiger partial charge in [0.15, 0.2) is 12.0 Å². The van der Waals surface area contributed by atoms with Crippen LogP contribution in [0.15, 0.2) is 9.98 Å². The van der Waals surface area contributed by atoms with E-state index in [1.807, 2.05) is 0 Å². The second-order valence-electron chi connectivity index (χ2n) is 5.54. The molecule has 0 saturated carbocycles. The first-order valence-electron chi connectivity index (χ1n) is 6.81. The summed E-state index contributed by atoms with van der Waals surface area (Å²) in [7, 11) is 2.67. The van der Waals surface area contributed by atoms with Crippen molar-refractivity contribution in [1.29, 1.82) is 0 Å². The van der Waals surface area contributed by atoms with Gasteiger partial charge in [-0.05, 0) is 6.92 Å². The van der Waals surface area contributed by atoms with Crippen molar-refractivity contribution in [2.75, 3.05) is 14.1 Å². The minimum atomic E-state index is -1.87. The maximum atomic E-state index is 12.8. The van der Waals surface area contributed by atoms with Crippen molar-refractivity contribution in [2.45, 2.75) is 24.5 Å². The third-order valence-corrected chi connectivity index (χ3v) is 4.10. The number of carbonyl (C=O) groups is 4. The highest BCUT2D eigenvalue weighted by atomic mass is 16.2. The fraction of sp³-hybridized carbons (Fsp3) is 0.500. The number of aliphatic imine (C=N–C) groups is 2. The zero-order chi connectivity index (χ0) is 17.1. The first-order valence-corrected chi connectivity index (χ1v) is 6.81. The number of rotatable bonds is 1. The number of imide groups is 1. The molecular formula is C12H15N7O4. The Kier molecular flexibility index (Phi) is 2.93. The Morgan fingerprint density at radius 3 is 2.39 bits per heavy atom. The third kappa shape index (κ3) is 1.76. The van der Waals surface area contributed by atoms with E-state index in [2.05, 4.69) is 20.6 Å². The molecule has 3 aliphatic heterocycles. The molecule has 0 aromatic heterocycles. The van der Waals surface area contributed by atoms with Crippen LogP contribution in [0.4, 0.5) is 4.79 Å². The van der Waals surface area contributed by atoms with Gasteiger partial charge in [-0.25, -0.2) is 4.79 Å². The molecule has 0 aromatic carbocycles. The molecule has 2 unspecified atom stereocenters. The topological polar surface area (TPSA) is 150 Å². The van der Waals surface area contributed by atoms with Gasteiger partial charge in [0.25, 0.3) is 11.8 Å². The lowest BCUT2D eigenvalue weighted by atomic mass is 9.82. The number of urea groups is 1. The zero-order valence-corrected chi connectivity index (χ0v) is 12.7. The summed E-state index contributed by atoms with van der Waals surface area (Å²) < 4.78 is 0. The van der Waals surface area contributed by atoms with Gasteiger partial charge in [-0.15, -0.1) is 0 Å². The molecule has 11 nitrogen and oxygen atoms in total. The average Bonchev–Trinajstić information content (AvgIpc) is 2.84. The summed E-state index contributed by atoms with van der Waals surface area (Å²) in [6, 6.07) is -2.70. The summed E-state index contributed by atoms with van der Waals surface area (Å²) in [4.78, 5) is 58.9. The minimum absolute atomic E-state index is 0.0200. The molecule has 23 heavy (non-hydrogen) atoms. The van der Waals surface area contributed by atoms with Crippen molar-refractivity contribution in [3.05, 3.63) is 0 Å². The van der Waals surface area contributed by atoms with E-state index in [-0.39, 0.29) is 11.8 Å². The Morgan fingerprint density at radius 2 is 1.83 bits per heavy atom. The van der Waals surface area contributed by atoms with E-state index in [0.29, 0.717) is 0 Å². The number of hydrogen-bond acceptors (Lipinski definition) is 7. The Balaban J connectivity index is 2.21. The van der Waals surface area contributed by atoms with Crippen molar-refractivity contribution in [3.8, 4) is 0 Å². The van der Waals surface area contributed by atoms with Crippen molar-refractivity contribution in [3.63, 3.8) is 0 Å². The van der Waals surface area contributed by atoms with Crippen LogP contribution in [0.3, 0.4) is 0 Å². The van der Waals surface area contributed by atoms with Crippen LogP contribution in [0.1, 0.15) is 6.92 Å². The van der Waals surface area contributed by atoms with E-state index >= 15 is 0 Å². The van der Waals surface area contributed by atoms with Crippen LogP contribution in [0, 0.1) is 0 Å². The lowest BCUT2D eigenvalue weighted by Gasteiger charge is -2.48. The average molecular weight is 321 g/mol. The van der Waals surface area contributed by atoms with Gasteiger partial charge in [0.1, 0.15) is 11.9 Å². The smallest absolute Gasteiger partial charge is 0.331 e. The van der Waals surface area contributed by atoms with E-state index < -0.39 is 41.4 Å². The van der Waals surface area contributed by atoms with Crippen LogP contribution in [0.25, 0.3) is 0 Å². The highest BCUT2D eigenvalue weighted by Crippen LogP contribution is 2.30. The Hall–Kier alpha value is -2.98. The number of amidine groups is 1. The van der Waals surface area contributed by atoms with E-state index in [4.69, 9.17) is 5.73 Å². The Labute approximate surface area is 130 Å². The molecule has 5 amide bonds. The van der Waals surface area contributed by atoms with Crippen LogP contribution in [0.2, 0.25) is 0 Å². The number of nitrogens with zero attached hydrogens (tertiary/aromatic N) is 4. The van der Waals surface area contributed by atoms with E-state index in [1.54, 1.807) is 0 Å². The lowest BCUT2D eigenvalue weighted by molar-refractivity contribution is -0.141. The predicted octanol–water partition coefficient (Wildman–Crippen LogP) is -3.02. The van der Waals surface area contributed by atoms with Crippen LogP contribution in [0.5, 0.6) is 0 Å². The molecule has 4 N–H and O–H groups in total. The number of nitrogens with two attached hydrogens (primary N) is 1. The highest BCUT2D eigenvalue weighted by molar-refractivity contribution is 6.29. The molecule has 3 heterocycles. The summed E-state index contributed by atoms with van der Waals surface area (Å²) in [6.45, 7) is 1.52. The number of nitrogens with one attached hydrogen (secondary N) is 2. The molecule has 3 aliphatic rings. The molecule has 0 bridgehead atoms. The number of amides is 5. The molecule has 0 spiro atoms. The number of likely N-dealkylation sites (N-methyl/N-ethyl adjacent to an activating group) is 2. The number of carbonyl (C=O) groups excluding carboxylic acids is 4. The first kappa shape index (κ1) is 14.9. The van der Waals surface area contributed by atoms with Gasteiger partial charge in [0.05, 0.1) is 0 Å². The van der Waals surface area contributed by atoms with Crippen molar-refractivity contribution < 1.29 is 19.2 Å². The van der Waals surface area contributed by atoms with Gasteiger partial charge in [0, 0.05) is 14.1 Å². The second kappa shape index (κ2) is 4.51. The maximum Gasteiger partial charge on any atom is 0.331 e. The van der Waals surface area contributed by atoms with Gasteiger partial charge < -0.3 is 16.4 Å². The van der Waals surface area contributed by atoms with Gasteiger partial charge in [-0.2, -0.15) is 4.99 Å². The van der Waals surface area contributed by atoms with Gasteiger partial charge >= 0.3 is 6.03 Å². The molecule has 0 aromatic rings. The van der Waals surface area contributed by atoms with E-state index in [1.165, 1.54) is 21.0 Å². The van der Waals surface area contributed by atoms with Gasteiger partial charge in [-0.3, -0.25) is 29.2 Å². The molecule has 1 saturated heterocycles. The summed E-state index contributed by atoms with van der Waals surface area (Å²) >= 11 is 0. The Morgan fingerprint density at radius 1 is 1.17 bits per heavy atom. The van der Waals surface area contributed by atoms with E-state index in [9.17, 15) is 19.2 Å². The molecule has 0 radical (unpaired) electrons. The monoisotopic (exact) mass is 321 g/mol. The number of fused-ring (bicyclic) bond motifs is 1. The van der Waals surface area contributed by atoms with Crippen molar-refractivity contribution in [1.82, 2.24) is 20.4 Å². The molecule has 122 valence electrons. The summed E-state index contributed by atoms with van der Waals surface area (Å²) in [5.74, 6) is -2.24. The molecule has 0 aliphatic carbocycles. The summed E-state index contributed by atoms with van der Waals surface area (Å²) in [5.41, 5.74) is 3.63. The molecule has 11 heteroatoms. The van der Waals surface area contributed by atoms with Crippen LogP contribution < -0.4 is 16.4 Å². The second-order valence-corrected chi connectivity index (χ2v) is 5.54. The van der Waals surface area contributed by atoms with Crippen LogP contribution in [-0.4, -0.2) is 77.1 Å². The normalized spacial score (nSPS) is 33.9. The van der Waals surface area contributed by atoms with Crippen molar-refractivity contribution >= 4 is 35.5 Å². The highest BCUT2D eigenvalue weighted by Gasteiger charge is 2.64. The standard InChI is InChI=1S/C12H15N7O4/c1-4-6(20)17-12(5-7(21)16-10(13)15-5)8(14-4)18(2)11(23)19(3)9(12)22/h4-5H,1-3H3,(H,17,20)(H3,13,15,16,21)/t4?,5?,12-/m1/s1. The maximum absolute atomic E-state index is 12.8. The van der Waals surface area contributed by atoms with E-state index in [0.717, 1.165) is 9.80 Å². The lowest BCUT2D eigenvalue weighted by Crippen LogP contribution is -2.82. The van der Waals surface area contributed by atoms with Crippen LogP contribution in [-0.2, 0) is 14.4 Å². The molecule has 3 atom stereocenters. The van der Waals surface area contributed by atoms with Crippen LogP contribution >= 0.6 is 0 Å². The molecular weight excluding hydrogens is 306 g/mol. The third-order valence-electron chi connectivity index (χ3n) is 4.10. The summed E-state index contributed by atoms with van der Waals surface area (Å²) in [6.07, 6.45) is 0. The molecule has 1 fully saturated rings. The molecule has 3 rings (SSSR count). The largest absolute Gasteiger partial charge is 0.370 e. The minimum Gasteiger partial charge on any atom is -0.370 e. The predicted molar refractivity (Wildman–Crippen MR) is 77.3 cm³/mol. The Bertz CT molecular complexity index is 714. The van der Waals surface area contributed by atoms with Gasteiger partial charge in [0.2, 0.25) is 11.4 Å². The fourth-order valence-electron chi connectivity index (χ4n) is 2.91. The van der Waals surface area contributed by atoms with Gasteiger partial charge in [-0.1, -0.05) is 0 Å². The zero-order valence-electron chi connectivity index (χ0n) is 12.7. The quantitative estimate of drug-likeness (QED) is 0.468. The number of guanidine groups is 1. The van der Waals surface area contributed by atoms with Crippen molar-refractivity contribution in [2.24, 2.45) is 15.7 Å². The fourth-order valence-corrected chi connectivity index (χ4v) is 2.91. The number of hydrogen-bond donors (Lipinski definition) is 3. The summed E-state index contributed by atoms with van der Waals surface area (Å²) in [5, 5.41) is 5.12. The first-order chi connectivity index (χ1) is 10.7.